The molecule has 0 fully saturated rings. The van der Waals surface area contributed by atoms with Gasteiger partial charge in [0.15, 0.2) is 0 Å². The smallest absolute Gasteiger partial charge is 0.326 e. The minimum atomic E-state index is -1.07. The van der Waals surface area contributed by atoms with Crippen molar-refractivity contribution in [1.82, 2.24) is 5.32 Å². The second kappa shape index (κ2) is 5.53. The second-order valence-corrected chi connectivity index (χ2v) is 4.53. The quantitative estimate of drug-likeness (QED) is 0.757. The van der Waals surface area contributed by atoms with Crippen molar-refractivity contribution in [2.24, 2.45) is 5.92 Å². The van der Waals surface area contributed by atoms with Crippen LogP contribution in [0.4, 0.5) is 0 Å². The van der Waals surface area contributed by atoms with Crippen LogP contribution in [0.25, 0.3) is 0 Å². The number of amides is 1. The lowest BCUT2D eigenvalue weighted by atomic mass is 10.0. The molecule has 0 bridgehead atoms. The summed E-state index contributed by atoms with van der Waals surface area (Å²) in [7, 11) is 0. The van der Waals surface area contributed by atoms with E-state index in [-0.39, 0.29) is 17.2 Å². The first kappa shape index (κ1) is 14.0. The van der Waals surface area contributed by atoms with Gasteiger partial charge in [0.1, 0.15) is 11.8 Å². The number of aryl methyl sites for hydroxylation is 1. The van der Waals surface area contributed by atoms with Crippen LogP contribution in [-0.4, -0.2) is 28.1 Å². The molecule has 0 heterocycles. The SMILES string of the molecule is Cc1ccc(C(=O)NC(C(=O)O)C(C)C)cc1O. The zero-order valence-electron chi connectivity index (χ0n) is 10.6. The predicted octanol–water partition coefficient (Wildman–Crippen LogP) is 1.54. The zero-order chi connectivity index (χ0) is 13.9. The molecule has 3 N–H and O–H groups in total. The maximum Gasteiger partial charge on any atom is 0.326 e. The van der Waals surface area contributed by atoms with Crippen LogP contribution in [0.5, 0.6) is 5.75 Å². The van der Waals surface area contributed by atoms with Crippen molar-refractivity contribution in [3.63, 3.8) is 0 Å². The van der Waals surface area contributed by atoms with E-state index in [1.807, 2.05) is 0 Å². The summed E-state index contributed by atoms with van der Waals surface area (Å²) in [6.07, 6.45) is 0. The zero-order valence-corrected chi connectivity index (χ0v) is 10.6. The molecule has 0 aliphatic rings. The molecule has 5 nitrogen and oxygen atoms in total. The third-order valence-corrected chi connectivity index (χ3v) is 2.69. The Bertz CT molecular complexity index is 468. The fraction of sp³-hybridized carbons (Fsp3) is 0.385. The van der Waals surface area contributed by atoms with E-state index in [4.69, 9.17) is 5.11 Å². The molecule has 1 rings (SSSR count). The summed E-state index contributed by atoms with van der Waals surface area (Å²) in [6, 6.07) is 3.53. The average Bonchev–Trinajstić information content (AvgIpc) is 2.28. The number of carbonyl (C=O) groups excluding carboxylic acids is 1. The second-order valence-electron chi connectivity index (χ2n) is 4.53. The van der Waals surface area contributed by atoms with E-state index < -0.39 is 17.9 Å². The van der Waals surface area contributed by atoms with E-state index in [9.17, 15) is 14.7 Å². The molecule has 0 aliphatic carbocycles. The number of phenolic OH excluding ortho intramolecular Hbond substituents is 1. The first-order valence-corrected chi connectivity index (χ1v) is 5.66. The van der Waals surface area contributed by atoms with Crippen molar-refractivity contribution >= 4 is 11.9 Å². The Balaban J connectivity index is 2.87. The van der Waals surface area contributed by atoms with Crippen LogP contribution >= 0.6 is 0 Å². The Morgan fingerprint density at radius 1 is 1.28 bits per heavy atom. The van der Waals surface area contributed by atoms with Gasteiger partial charge < -0.3 is 15.5 Å². The molecular formula is C13H17NO4. The van der Waals surface area contributed by atoms with Crippen LogP contribution in [-0.2, 0) is 4.79 Å². The van der Waals surface area contributed by atoms with Gasteiger partial charge in [-0.25, -0.2) is 4.79 Å². The molecule has 0 radical (unpaired) electrons. The summed E-state index contributed by atoms with van der Waals surface area (Å²) >= 11 is 0. The molecular weight excluding hydrogens is 234 g/mol. The van der Waals surface area contributed by atoms with Gasteiger partial charge in [0.05, 0.1) is 0 Å². The number of phenols is 1. The van der Waals surface area contributed by atoms with Gasteiger partial charge in [0.2, 0.25) is 0 Å². The van der Waals surface area contributed by atoms with E-state index in [2.05, 4.69) is 5.32 Å². The number of aromatic hydroxyl groups is 1. The predicted molar refractivity (Wildman–Crippen MR) is 66.6 cm³/mol. The van der Waals surface area contributed by atoms with Crippen LogP contribution in [0, 0.1) is 12.8 Å². The summed E-state index contributed by atoms with van der Waals surface area (Å²) in [5, 5.41) is 20.9. The van der Waals surface area contributed by atoms with E-state index in [0.717, 1.165) is 0 Å². The number of carboxylic acids is 1. The van der Waals surface area contributed by atoms with Crippen molar-refractivity contribution in [1.29, 1.82) is 0 Å². The number of nitrogens with one attached hydrogen (secondary N) is 1. The summed E-state index contributed by atoms with van der Waals surface area (Å²) in [6.45, 7) is 5.14. The van der Waals surface area contributed by atoms with Crippen LogP contribution in [0.1, 0.15) is 29.8 Å². The Morgan fingerprint density at radius 2 is 1.89 bits per heavy atom. The van der Waals surface area contributed by atoms with Crippen LogP contribution in [0.3, 0.4) is 0 Å². The fourth-order valence-electron chi connectivity index (χ4n) is 1.49. The molecule has 98 valence electrons. The summed E-state index contributed by atoms with van der Waals surface area (Å²) in [5.74, 6) is -1.79. The Labute approximate surface area is 105 Å². The van der Waals surface area contributed by atoms with Crippen molar-refractivity contribution in [3.05, 3.63) is 29.3 Å². The molecule has 1 unspecified atom stereocenters. The first-order chi connectivity index (χ1) is 8.32. The molecule has 0 saturated carbocycles. The number of hydrogen-bond acceptors (Lipinski definition) is 3. The lowest BCUT2D eigenvalue weighted by Gasteiger charge is -2.18. The largest absolute Gasteiger partial charge is 0.508 e. The summed E-state index contributed by atoms with van der Waals surface area (Å²) in [4.78, 5) is 22.8. The Kier molecular flexibility index (Phi) is 4.31. The van der Waals surface area contributed by atoms with E-state index in [0.29, 0.717) is 5.56 Å². The molecule has 1 amide bonds. The van der Waals surface area contributed by atoms with Crippen molar-refractivity contribution < 1.29 is 19.8 Å². The molecule has 0 saturated heterocycles. The van der Waals surface area contributed by atoms with E-state index >= 15 is 0 Å². The molecule has 5 heteroatoms. The fourth-order valence-corrected chi connectivity index (χ4v) is 1.49. The van der Waals surface area contributed by atoms with Gasteiger partial charge in [-0.3, -0.25) is 4.79 Å². The van der Waals surface area contributed by atoms with Gasteiger partial charge in [-0.15, -0.1) is 0 Å². The van der Waals surface area contributed by atoms with Gasteiger partial charge in [0.25, 0.3) is 5.91 Å². The maximum atomic E-state index is 11.8. The van der Waals surface area contributed by atoms with Gasteiger partial charge in [0, 0.05) is 5.56 Å². The Morgan fingerprint density at radius 3 is 2.33 bits per heavy atom. The first-order valence-electron chi connectivity index (χ1n) is 5.66. The average molecular weight is 251 g/mol. The monoisotopic (exact) mass is 251 g/mol. The number of carbonyl (C=O) groups is 2. The highest BCUT2D eigenvalue weighted by Gasteiger charge is 2.24. The Hall–Kier alpha value is -2.04. The number of aliphatic carboxylic acids is 1. The van der Waals surface area contributed by atoms with Gasteiger partial charge >= 0.3 is 5.97 Å². The highest BCUT2D eigenvalue weighted by Crippen LogP contribution is 2.17. The van der Waals surface area contributed by atoms with Crippen molar-refractivity contribution in [2.45, 2.75) is 26.8 Å². The third-order valence-electron chi connectivity index (χ3n) is 2.69. The van der Waals surface area contributed by atoms with Crippen molar-refractivity contribution in [3.8, 4) is 5.75 Å². The lowest BCUT2D eigenvalue weighted by molar-refractivity contribution is -0.140. The van der Waals surface area contributed by atoms with Gasteiger partial charge in [-0.05, 0) is 30.5 Å². The van der Waals surface area contributed by atoms with Crippen LogP contribution in [0.15, 0.2) is 18.2 Å². The summed E-state index contributed by atoms with van der Waals surface area (Å²) < 4.78 is 0. The third kappa shape index (κ3) is 3.23. The van der Waals surface area contributed by atoms with Gasteiger partial charge in [-0.2, -0.15) is 0 Å². The van der Waals surface area contributed by atoms with Gasteiger partial charge in [-0.1, -0.05) is 19.9 Å². The highest BCUT2D eigenvalue weighted by molar-refractivity contribution is 5.97. The summed E-state index contributed by atoms with van der Waals surface area (Å²) in [5.41, 5.74) is 0.898. The number of hydrogen-bond donors (Lipinski definition) is 3. The maximum absolute atomic E-state index is 11.8. The molecule has 18 heavy (non-hydrogen) atoms. The molecule has 1 aromatic rings. The lowest BCUT2D eigenvalue weighted by Crippen LogP contribution is -2.44. The highest BCUT2D eigenvalue weighted by atomic mass is 16.4. The normalized spacial score (nSPS) is 12.2. The molecule has 1 aromatic carbocycles. The molecule has 0 aromatic heterocycles. The number of benzene rings is 1. The topological polar surface area (TPSA) is 86.6 Å². The van der Waals surface area contributed by atoms with Crippen LogP contribution in [0.2, 0.25) is 0 Å². The molecule has 0 aliphatic heterocycles. The molecule has 1 atom stereocenters. The van der Waals surface area contributed by atoms with Crippen LogP contribution < -0.4 is 5.32 Å². The standard InChI is InChI=1S/C13H17NO4/c1-7(2)11(13(17)18)14-12(16)9-5-4-8(3)10(15)6-9/h4-7,11,15H,1-3H3,(H,14,16)(H,17,18). The minimum absolute atomic E-state index is 0.0130. The number of carboxylic acid groups (broad SMARTS) is 1. The van der Waals surface area contributed by atoms with E-state index in [1.54, 1.807) is 32.9 Å². The van der Waals surface area contributed by atoms with Crippen molar-refractivity contribution in [2.75, 3.05) is 0 Å². The number of rotatable bonds is 4. The van der Waals surface area contributed by atoms with E-state index in [1.165, 1.54) is 6.07 Å². The minimum Gasteiger partial charge on any atom is -0.508 e. The molecule has 0 spiro atoms.